The van der Waals surface area contributed by atoms with Crippen molar-refractivity contribution in [3.63, 3.8) is 0 Å². The zero-order valence-corrected chi connectivity index (χ0v) is 12.7. The van der Waals surface area contributed by atoms with Crippen molar-refractivity contribution in [2.24, 2.45) is 0 Å². The summed E-state index contributed by atoms with van der Waals surface area (Å²) in [6.07, 6.45) is -4.40. The number of benzene rings is 2. The Labute approximate surface area is 128 Å². The average Bonchev–Trinajstić information content (AvgIpc) is 2.39. The topological polar surface area (TPSA) is 32.3 Å². The summed E-state index contributed by atoms with van der Waals surface area (Å²) in [6.45, 7) is 2.00. The molecule has 0 bridgehead atoms. The van der Waals surface area contributed by atoms with Gasteiger partial charge in [-0.2, -0.15) is 13.2 Å². The van der Waals surface area contributed by atoms with Gasteiger partial charge in [0.1, 0.15) is 5.75 Å². The van der Waals surface area contributed by atoms with Crippen molar-refractivity contribution in [1.29, 1.82) is 0 Å². The quantitative estimate of drug-likeness (QED) is 0.799. The van der Waals surface area contributed by atoms with Gasteiger partial charge in [-0.15, -0.1) is 0 Å². The number of alkyl halides is 3. The molecule has 2 aromatic carbocycles. The lowest BCUT2D eigenvalue weighted by Gasteiger charge is -2.13. The molecule has 0 fully saturated rings. The molecule has 2 nitrogen and oxygen atoms in total. The molecule has 0 saturated heterocycles. The van der Waals surface area contributed by atoms with Crippen molar-refractivity contribution in [1.82, 2.24) is 0 Å². The van der Waals surface area contributed by atoms with E-state index in [4.69, 9.17) is 0 Å². The molecular weight excluding hydrogens is 347 g/mol. The normalized spacial score (nSPS) is 11.5. The van der Waals surface area contributed by atoms with E-state index in [2.05, 4.69) is 21.2 Å². The summed E-state index contributed by atoms with van der Waals surface area (Å²) in [4.78, 5) is 0. The molecule has 0 unspecified atom stereocenters. The zero-order chi connectivity index (χ0) is 15.6. The van der Waals surface area contributed by atoms with Crippen LogP contribution in [0.15, 0.2) is 40.9 Å². The van der Waals surface area contributed by atoms with Crippen LogP contribution in [0, 0.1) is 6.92 Å². The van der Waals surface area contributed by atoms with Gasteiger partial charge in [-0.05, 0) is 30.7 Å². The first-order valence-electron chi connectivity index (χ1n) is 6.16. The third-order valence-corrected chi connectivity index (χ3v) is 3.49. The van der Waals surface area contributed by atoms with Crippen LogP contribution in [0.3, 0.4) is 0 Å². The second-order valence-corrected chi connectivity index (χ2v) is 5.58. The van der Waals surface area contributed by atoms with Gasteiger partial charge in [0.15, 0.2) is 0 Å². The summed E-state index contributed by atoms with van der Waals surface area (Å²) in [5, 5.41) is 12.8. The molecule has 0 aliphatic rings. The van der Waals surface area contributed by atoms with E-state index in [1.54, 1.807) is 31.2 Å². The van der Waals surface area contributed by atoms with Crippen molar-refractivity contribution in [3.8, 4) is 5.75 Å². The standard InChI is InChI=1S/C15H13BrF3NO/c1-9-3-2-4-10(14(9)21)8-20-13-6-11(15(17,18)19)5-12(16)7-13/h2-7,20-21H,8H2,1H3. The Morgan fingerprint density at radius 3 is 2.57 bits per heavy atom. The molecular formula is C15H13BrF3NO. The van der Waals surface area contributed by atoms with E-state index in [1.807, 2.05) is 0 Å². The summed E-state index contributed by atoms with van der Waals surface area (Å²) in [5.74, 6) is 0.149. The SMILES string of the molecule is Cc1cccc(CNc2cc(Br)cc(C(F)(F)F)c2)c1O. The van der Waals surface area contributed by atoms with Crippen LogP contribution in [0.5, 0.6) is 5.75 Å². The predicted octanol–water partition coefficient (Wildman–Crippen LogP) is 5.09. The molecule has 0 aromatic heterocycles. The highest BCUT2D eigenvalue weighted by molar-refractivity contribution is 9.10. The second-order valence-electron chi connectivity index (χ2n) is 4.66. The van der Waals surface area contributed by atoms with E-state index >= 15 is 0 Å². The van der Waals surface area contributed by atoms with Crippen LogP contribution in [0.25, 0.3) is 0 Å². The molecule has 112 valence electrons. The van der Waals surface area contributed by atoms with E-state index < -0.39 is 11.7 Å². The van der Waals surface area contributed by atoms with Gasteiger partial charge in [0, 0.05) is 22.3 Å². The first kappa shape index (κ1) is 15.7. The number of halogens is 4. The van der Waals surface area contributed by atoms with Gasteiger partial charge in [0.2, 0.25) is 0 Å². The number of phenolic OH excluding ortho intramolecular Hbond substituents is 1. The lowest BCUT2D eigenvalue weighted by Crippen LogP contribution is -2.07. The Hall–Kier alpha value is -1.69. The van der Waals surface area contributed by atoms with Crippen molar-refractivity contribution < 1.29 is 18.3 Å². The van der Waals surface area contributed by atoms with E-state index in [0.29, 0.717) is 15.7 Å². The third kappa shape index (κ3) is 3.91. The molecule has 0 heterocycles. The van der Waals surface area contributed by atoms with Gasteiger partial charge in [-0.3, -0.25) is 0 Å². The van der Waals surface area contributed by atoms with Gasteiger partial charge < -0.3 is 10.4 Å². The van der Waals surface area contributed by atoms with E-state index in [-0.39, 0.29) is 12.3 Å². The fourth-order valence-electron chi connectivity index (χ4n) is 1.92. The lowest BCUT2D eigenvalue weighted by molar-refractivity contribution is -0.137. The maximum absolute atomic E-state index is 12.7. The summed E-state index contributed by atoms with van der Waals surface area (Å²) in [7, 11) is 0. The minimum atomic E-state index is -4.40. The Balaban J connectivity index is 2.21. The molecule has 2 N–H and O–H groups in total. The fraction of sp³-hybridized carbons (Fsp3) is 0.200. The molecule has 21 heavy (non-hydrogen) atoms. The number of phenols is 1. The summed E-state index contributed by atoms with van der Waals surface area (Å²) < 4.78 is 38.6. The van der Waals surface area contributed by atoms with Gasteiger partial charge in [-0.25, -0.2) is 0 Å². The highest BCUT2D eigenvalue weighted by atomic mass is 79.9. The van der Waals surface area contributed by atoms with Gasteiger partial charge in [0.05, 0.1) is 5.56 Å². The highest BCUT2D eigenvalue weighted by Gasteiger charge is 2.31. The molecule has 2 aromatic rings. The molecule has 0 spiro atoms. The number of rotatable bonds is 3. The number of hydrogen-bond acceptors (Lipinski definition) is 2. The minimum absolute atomic E-state index is 0.149. The number of aromatic hydroxyl groups is 1. The highest BCUT2D eigenvalue weighted by Crippen LogP contribution is 2.33. The van der Waals surface area contributed by atoms with Crippen molar-refractivity contribution in [2.75, 3.05) is 5.32 Å². The van der Waals surface area contributed by atoms with Gasteiger partial charge >= 0.3 is 6.18 Å². The molecule has 0 saturated carbocycles. The zero-order valence-electron chi connectivity index (χ0n) is 11.1. The average molecular weight is 360 g/mol. The van der Waals surface area contributed by atoms with E-state index in [9.17, 15) is 18.3 Å². The molecule has 0 atom stereocenters. The summed E-state index contributed by atoms with van der Waals surface area (Å²) in [6, 6.07) is 8.89. The van der Waals surface area contributed by atoms with Crippen LogP contribution in [-0.4, -0.2) is 5.11 Å². The number of para-hydroxylation sites is 1. The van der Waals surface area contributed by atoms with E-state index in [1.165, 1.54) is 0 Å². The predicted molar refractivity (Wildman–Crippen MR) is 79.3 cm³/mol. The second kappa shape index (κ2) is 5.97. The van der Waals surface area contributed by atoms with Gasteiger partial charge in [-0.1, -0.05) is 34.1 Å². The van der Waals surface area contributed by atoms with Gasteiger partial charge in [0.25, 0.3) is 0 Å². The van der Waals surface area contributed by atoms with Crippen LogP contribution >= 0.6 is 15.9 Å². The molecule has 2 rings (SSSR count). The first-order chi connectivity index (χ1) is 9.77. The lowest BCUT2D eigenvalue weighted by atomic mass is 10.1. The fourth-order valence-corrected chi connectivity index (χ4v) is 2.41. The summed E-state index contributed by atoms with van der Waals surface area (Å²) >= 11 is 3.07. The van der Waals surface area contributed by atoms with E-state index in [0.717, 1.165) is 17.7 Å². The maximum Gasteiger partial charge on any atom is 0.416 e. The largest absolute Gasteiger partial charge is 0.507 e. The monoisotopic (exact) mass is 359 g/mol. The maximum atomic E-state index is 12.7. The number of nitrogens with one attached hydrogen (secondary N) is 1. The Morgan fingerprint density at radius 1 is 1.19 bits per heavy atom. The van der Waals surface area contributed by atoms with Crippen LogP contribution in [-0.2, 0) is 12.7 Å². The smallest absolute Gasteiger partial charge is 0.416 e. The van der Waals surface area contributed by atoms with Crippen LogP contribution in [0.1, 0.15) is 16.7 Å². The third-order valence-electron chi connectivity index (χ3n) is 3.03. The van der Waals surface area contributed by atoms with Crippen LogP contribution in [0.2, 0.25) is 0 Å². The molecule has 0 aliphatic heterocycles. The molecule has 0 aliphatic carbocycles. The van der Waals surface area contributed by atoms with Crippen molar-refractivity contribution >= 4 is 21.6 Å². The van der Waals surface area contributed by atoms with Crippen LogP contribution in [0.4, 0.5) is 18.9 Å². The number of hydrogen-bond donors (Lipinski definition) is 2. The number of anilines is 1. The number of aryl methyl sites for hydroxylation is 1. The first-order valence-corrected chi connectivity index (χ1v) is 6.96. The summed E-state index contributed by atoms with van der Waals surface area (Å²) in [5.41, 5.74) is 0.952. The molecule has 0 radical (unpaired) electrons. The molecule has 0 amide bonds. The Kier molecular flexibility index (Phi) is 4.46. The molecule has 6 heteroatoms. The van der Waals surface area contributed by atoms with Crippen LogP contribution < -0.4 is 5.32 Å². The Morgan fingerprint density at radius 2 is 1.90 bits per heavy atom. The minimum Gasteiger partial charge on any atom is -0.507 e. The van der Waals surface area contributed by atoms with Crippen molar-refractivity contribution in [2.45, 2.75) is 19.6 Å². The van der Waals surface area contributed by atoms with Crippen molar-refractivity contribution in [3.05, 3.63) is 57.6 Å². The Bertz CT molecular complexity index is 656.